The lowest BCUT2D eigenvalue weighted by Gasteiger charge is -2.17. The molecule has 0 fully saturated rings. The Balaban J connectivity index is 2.51. The molecule has 0 bridgehead atoms. The minimum absolute atomic E-state index is 0.308. The van der Waals surface area contributed by atoms with Gasteiger partial charge in [-0.3, -0.25) is 0 Å². The maximum atomic E-state index is 14.1. The topological polar surface area (TPSA) is 20.2 Å². The minimum Gasteiger partial charge on any atom is -0.384 e. The third-order valence-corrected chi connectivity index (χ3v) is 4.18. The molecule has 2 rings (SSSR count). The van der Waals surface area contributed by atoms with E-state index in [-0.39, 0.29) is 0 Å². The van der Waals surface area contributed by atoms with Crippen molar-refractivity contribution in [1.29, 1.82) is 0 Å². The molecule has 0 amide bonds. The second-order valence-electron chi connectivity index (χ2n) is 4.79. The van der Waals surface area contributed by atoms with Crippen molar-refractivity contribution in [2.75, 3.05) is 0 Å². The van der Waals surface area contributed by atoms with Gasteiger partial charge in [-0.1, -0.05) is 44.2 Å². The third-order valence-electron chi connectivity index (χ3n) is 3.57. The van der Waals surface area contributed by atoms with E-state index in [1.165, 1.54) is 0 Å². The van der Waals surface area contributed by atoms with Crippen molar-refractivity contribution in [3.63, 3.8) is 0 Å². The molecule has 0 saturated heterocycles. The number of aliphatic hydroxyl groups is 1. The van der Waals surface area contributed by atoms with E-state index >= 15 is 0 Å². The summed E-state index contributed by atoms with van der Waals surface area (Å²) >= 11 is 3.16. The zero-order chi connectivity index (χ0) is 14.7. The molecule has 0 aromatic heterocycles. The van der Waals surface area contributed by atoms with Crippen molar-refractivity contribution in [1.82, 2.24) is 0 Å². The van der Waals surface area contributed by atoms with E-state index in [1.54, 1.807) is 18.2 Å². The highest BCUT2D eigenvalue weighted by Crippen LogP contribution is 2.31. The zero-order valence-electron chi connectivity index (χ0n) is 11.7. The van der Waals surface area contributed by atoms with Crippen molar-refractivity contribution >= 4 is 15.9 Å². The van der Waals surface area contributed by atoms with Crippen LogP contribution in [0.25, 0.3) is 0 Å². The first-order valence-electron chi connectivity index (χ1n) is 6.82. The van der Waals surface area contributed by atoms with Crippen molar-refractivity contribution in [2.24, 2.45) is 0 Å². The van der Waals surface area contributed by atoms with Crippen molar-refractivity contribution in [3.05, 3.63) is 68.9 Å². The van der Waals surface area contributed by atoms with Gasteiger partial charge in [0.2, 0.25) is 0 Å². The van der Waals surface area contributed by atoms with E-state index in [2.05, 4.69) is 28.9 Å². The quantitative estimate of drug-likeness (QED) is 0.850. The van der Waals surface area contributed by atoms with Crippen LogP contribution in [0.15, 0.2) is 40.9 Å². The predicted octanol–water partition coefficient (Wildman–Crippen LogP) is 4.79. The van der Waals surface area contributed by atoms with Crippen LogP contribution < -0.4 is 0 Å². The molecule has 1 N–H and O–H groups in total. The molecule has 0 aliphatic heterocycles. The first-order valence-corrected chi connectivity index (χ1v) is 7.61. The Kier molecular flexibility index (Phi) is 4.95. The van der Waals surface area contributed by atoms with Gasteiger partial charge in [-0.25, -0.2) is 4.39 Å². The van der Waals surface area contributed by atoms with E-state index in [0.29, 0.717) is 10.0 Å². The van der Waals surface area contributed by atoms with Gasteiger partial charge in [0.15, 0.2) is 0 Å². The highest BCUT2D eigenvalue weighted by atomic mass is 79.9. The van der Waals surface area contributed by atoms with Crippen LogP contribution in [0.3, 0.4) is 0 Å². The minimum atomic E-state index is -0.936. The summed E-state index contributed by atoms with van der Waals surface area (Å²) < 4.78 is 14.5. The Morgan fingerprint density at radius 1 is 1.10 bits per heavy atom. The number of benzene rings is 2. The zero-order valence-corrected chi connectivity index (χ0v) is 13.2. The SMILES string of the molecule is CCc1ccc(CC)c(C(O)c2cccc(Br)c2F)c1. The lowest BCUT2D eigenvalue weighted by Crippen LogP contribution is -2.07. The highest BCUT2D eigenvalue weighted by Gasteiger charge is 2.19. The number of aryl methyl sites for hydroxylation is 2. The summed E-state index contributed by atoms with van der Waals surface area (Å²) in [6.45, 7) is 4.10. The average molecular weight is 337 g/mol. The summed E-state index contributed by atoms with van der Waals surface area (Å²) in [5, 5.41) is 10.6. The molecule has 0 radical (unpaired) electrons. The normalized spacial score (nSPS) is 12.4. The molecule has 2 aromatic rings. The van der Waals surface area contributed by atoms with Crippen LogP contribution in [0.4, 0.5) is 4.39 Å². The van der Waals surface area contributed by atoms with Gasteiger partial charge in [0.25, 0.3) is 0 Å². The lowest BCUT2D eigenvalue weighted by atomic mass is 9.93. The van der Waals surface area contributed by atoms with Gasteiger partial charge in [-0.15, -0.1) is 0 Å². The number of hydrogen-bond donors (Lipinski definition) is 1. The van der Waals surface area contributed by atoms with Crippen LogP contribution in [0, 0.1) is 5.82 Å². The molecule has 0 aliphatic carbocycles. The van der Waals surface area contributed by atoms with Crippen LogP contribution in [0.2, 0.25) is 0 Å². The summed E-state index contributed by atoms with van der Waals surface area (Å²) in [7, 11) is 0. The molecule has 1 unspecified atom stereocenters. The fourth-order valence-electron chi connectivity index (χ4n) is 2.34. The molecule has 0 spiro atoms. The van der Waals surface area contributed by atoms with Gasteiger partial charge in [-0.05, 0) is 51.5 Å². The number of rotatable bonds is 4. The first kappa shape index (κ1) is 15.2. The maximum absolute atomic E-state index is 14.1. The molecule has 1 nitrogen and oxygen atoms in total. The summed E-state index contributed by atoms with van der Waals surface area (Å²) in [6.07, 6.45) is 0.769. The third kappa shape index (κ3) is 2.94. The maximum Gasteiger partial charge on any atom is 0.143 e. The van der Waals surface area contributed by atoms with Crippen LogP contribution in [0.5, 0.6) is 0 Å². The van der Waals surface area contributed by atoms with E-state index < -0.39 is 11.9 Å². The average Bonchev–Trinajstić information content (AvgIpc) is 2.48. The summed E-state index contributed by atoms with van der Waals surface area (Å²) in [6, 6.07) is 11.1. The molecule has 2 aromatic carbocycles. The summed E-state index contributed by atoms with van der Waals surface area (Å²) in [5.74, 6) is -0.399. The van der Waals surface area contributed by atoms with Gasteiger partial charge in [0.1, 0.15) is 11.9 Å². The second-order valence-corrected chi connectivity index (χ2v) is 5.64. The molecule has 20 heavy (non-hydrogen) atoms. The van der Waals surface area contributed by atoms with Crippen LogP contribution in [-0.2, 0) is 12.8 Å². The first-order chi connectivity index (χ1) is 9.58. The lowest BCUT2D eigenvalue weighted by molar-refractivity contribution is 0.213. The molecule has 0 heterocycles. The van der Waals surface area contributed by atoms with Crippen LogP contribution in [0.1, 0.15) is 42.2 Å². The van der Waals surface area contributed by atoms with E-state index in [0.717, 1.165) is 29.5 Å². The molecule has 0 aliphatic rings. The molecule has 0 saturated carbocycles. The monoisotopic (exact) mass is 336 g/mol. The Labute approximate surface area is 127 Å². The number of aliphatic hydroxyl groups excluding tert-OH is 1. The Morgan fingerprint density at radius 2 is 1.85 bits per heavy atom. The van der Waals surface area contributed by atoms with E-state index in [9.17, 15) is 9.50 Å². The van der Waals surface area contributed by atoms with Gasteiger partial charge >= 0.3 is 0 Å². The van der Waals surface area contributed by atoms with Crippen LogP contribution >= 0.6 is 15.9 Å². The fraction of sp³-hybridized carbons (Fsp3) is 0.294. The largest absolute Gasteiger partial charge is 0.384 e. The molecular formula is C17H18BrFO. The van der Waals surface area contributed by atoms with Gasteiger partial charge in [0.05, 0.1) is 4.47 Å². The van der Waals surface area contributed by atoms with Gasteiger partial charge in [-0.2, -0.15) is 0 Å². The molecule has 106 valence electrons. The fourth-order valence-corrected chi connectivity index (χ4v) is 2.72. The number of hydrogen-bond acceptors (Lipinski definition) is 1. The second kappa shape index (κ2) is 6.51. The molecular weight excluding hydrogens is 319 g/mol. The van der Waals surface area contributed by atoms with E-state index in [1.807, 2.05) is 19.1 Å². The van der Waals surface area contributed by atoms with Gasteiger partial charge in [0, 0.05) is 5.56 Å². The highest BCUT2D eigenvalue weighted by molar-refractivity contribution is 9.10. The predicted molar refractivity (Wildman–Crippen MR) is 83.4 cm³/mol. The number of halogens is 2. The summed E-state index contributed by atoms with van der Waals surface area (Å²) in [5.41, 5.74) is 3.30. The van der Waals surface area contributed by atoms with Crippen LogP contribution in [-0.4, -0.2) is 5.11 Å². The molecule has 1 atom stereocenters. The Bertz CT molecular complexity index is 610. The van der Waals surface area contributed by atoms with E-state index in [4.69, 9.17) is 0 Å². The standard InChI is InChI=1S/C17H18BrFO/c1-3-11-8-9-12(4-2)14(10-11)17(20)13-6-5-7-15(18)16(13)19/h5-10,17,20H,3-4H2,1-2H3. The van der Waals surface area contributed by atoms with Gasteiger partial charge < -0.3 is 5.11 Å². The van der Waals surface area contributed by atoms with Crippen molar-refractivity contribution in [2.45, 2.75) is 32.8 Å². The Hall–Kier alpha value is -1.19. The summed E-state index contributed by atoms with van der Waals surface area (Å²) in [4.78, 5) is 0. The van der Waals surface area contributed by atoms with Crippen molar-refractivity contribution < 1.29 is 9.50 Å². The Morgan fingerprint density at radius 3 is 2.50 bits per heavy atom. The molecule has 3 heteroatoms. The smallest absolute Gasteiger partial charge is 0.143 e. The van der Waals surface area contributed by atoms with Crippen molar-refractivity contribution in [3.8, 4) is 0 Å².